The summed E-state index contributed by atoms with van der Waals surface area (Å²) < 4.78 is 1.77. The second-order valence-electron chi connectivity index (χ2n) is 4.98. The first-order valence-corrected chi connectivity index (χ1v) is 5.97. The number of aromatic nitrogens is 2. The quantitative estimate of drug-likeness (QED) is 0.795. The minimum Gasteiger partial charge on any atom is -0.292 e. The minimum atomic E-state index is 0.0296. The van der Waals surface area contributed by atoms with E-state index in [1.165, 1.54) is 0 Å². The number of fused-ring (bicyclic) bond motifs is 1. The van der Waals surface area contributed by atoms with Gasteiger partial charge in [-0.25, -0.2) is 4.98 Å². The average molecular weight is 230 g/mol. The van der Waals surface area contributed by atoms with Crippen LogP contribution in [0, 0.1) is 19.8 Å². The van der Waals surface area contributed by atoms with Gasteiger partial charge in [-0.15, -0.1) is 0 Å². The number of hydrogen-bond acceptors (Lipinski definition) is 2. The molecule has 0 spiro atoms. The van der Waals surface area contributed by atoms with E-state index in [4.69, 9.17) is 0 Å². The van der Waals surface area contributed by atoms with E-state index in [-0.39, 0.29) is 5.56 Å². The molecule has 0 aliphatic rings. The molecule has 0 aliphatic carbocycles. The van der Waals surface area contributed by atoms with Crippen molar-refractivity contribution >= 4 is 11.0 Å². The van der Waals surface area contributed by atoms with Crippen LogP contribution in [0.2, 0.25) is 0 Å². The van der Waals surface area contributed by atoms with Crippen LogP contribution < -0.4 is 5.56 Å². The van der Waals surface area contributed by atoms with Gasteiger partial charge in [0, 0.05) is 23.7 Å². The van der Waals surface area contributed by atoms with Gasteiger partial charge in [-0.2, -0.15) is 0 Å². The monoisotopic (exact) mass is 230 g/mol. The Hall–Kier alpha value is -1.64. The van der Waals surface area contributed by atoms with Gasteiger partial charge in [-0.05, 0) is 37.5 Å². The highest BCUT2D eigenvalue weighted by atomic mass is 16.1. The van der Waals surface area contributed by atoms with Gasteiger partial charge in [-0.3, -0.25) is 9.36 Å². The predicted molar refractivity (Wildman–Crippen MR) is 70.3 cm³/mol. The molecule has 0 unspecified atom stereocenters. The molecule has 0 saturated heterocycles. The first kappa shape index (κ1) is 11.8. The zero-order valence-electron chi connectivity index (χ0n) is 10.8. The lowest BCUT2D eigenvalue weighted by Gasteiger charge is -2.12. The summed E-state index contributed by atoms with van der Waals surface area (Å²) in [7, 11) is 0. The van der Waals surface area contributed by atoms with Crippen LogP contribution in [0.3, 0.4) is 0 Å². The summed E-state index contributed by atoms with van der Waals surface area (Å²) in [6, 6.07) is 5.57. The second kappa shape index (κ2) is 4.32. The lowest BCUT2D eigenvalue weighted by Crippen LogP contribution is -2.22. The normalized spacial score (nSPS) is 11.4. The molecule has 0 amide bonds. The first-order valence-electron chi connectivity index (χ1n) is 5.97. The van der Waals surface area contributed by atoms with Crippen molar-refractivity contribution in [1.82, 2.24) is 9.55 Å². The lowest BCUT2D eigenvalue weighted by molar-refractivity contribution is 0.521. The van der Waals surface area contributed by atoms with Crippen LogP contribution in [0.25, 0.3) is 11.0 Å². The Kier molecular flexibility index (Phi) is 3.01. The SMILES string of the molecule is Cc1cc2ccc(=O)n(CC(C)C)c2nc1C. The smallest absolute Gasteiger partial charge is 0.252 e. The van der Waals surface area contributed by atoms with E-state index < -0.39 is 0 Å². The van der Waals surface area contributed by atoms with Gasteiger partial charge in [0.05, 0.1) is 0 Å². The van der Waals surface area contributed by atoms with E-state index in [9.17, 15) is 4.79 Å². The fourth-order valence-corrected chi connectivity index (χ4v) is 1.95. The van der Waals surface area contributed by atoms with E-state index >= 15 is 0 Å². The summed E-state index contributed by atoms with van der Waals surface area (Å²) in [5, 5.41) is 1.04. The molecule has 0 atom stereocenters. The van der Waals surface area contributed by atoms with Crippen molar-refractivity contribution in [3.8, 4) is 0 Å². The van der Waals surface area contributed by atoms with Crippen LogP contribution in [0.5, 0.6) is 0 Å². The summed E-state index contributed by atoms with van der Waals surface area (Å²) in [6.07, 6.45) is 0. The lowest BCUT2D eigenvalue weighted by atomic mass is 10.1. The number of nitrogens with zero attached hydrogens (tertiary/aromatic N) is 2. The third kappa shape index (κ3) is 2.23. The zero-order valence-corrected chi connectivity index (χ0v) is 10.8. The second-order valence-corrected chi connectivity index (χ2v) is 4.98. The number of aryl methyl sites for hydroxylation is 2. The summed E-state index contributed by atoms with van der Waals surface area (Å²) in [6.45, 7) is 8.94. The molecule has 0 saturated carbocycles. The van der Waals surface area contributed by atoms with Crippen LogP contribution in [0.4, 0.5) is 0 Å². The molecule has 0 N–H and O–H groups in total. The number of hydrogen-bond donors (Lipinski definition) is 0. The Bertz CT molecular complexity index is 611. The summed E-state index contributed by atoms with van der Waals surface area (Å²) in [5.41, 5.74) is 2.98. The van der Waals surface area contributed by atoms with E-state index in [1.54, 1.807) is 10.6 Å². The largest absolute Gasteiger partial charge is 0.292 e. The van der Waals surface area contributed by atoms with Gasteiger partial charge >= 0.3 is 0 Å². The van der Waals surface area contributed by atoms with Crippen molar-refractivity contribution in [2.45, 2.75) is 34.2 Å². The first-order chi connectivity index (χ1) is 7.99. The van der Waals surface area contributed by atoms with Crippen molar-refractivity contribution in [3.63, 3.8) is 0 Å². The van der Waals surface area contributed by atoms with Crippen LogP contribution in [-0.2, 0) is 6.54 Å². The molecule has 2 rings (SSSR count). The molecular weight excluding hydrogens is 212 g/mol. The van der Waals surface area contributed by atoms with Gasteiger partial charge in [0.25, 0.3) is 5.56 Å². The molecule has 3 nitrogen and oxygen atoms in total. The molecule has 3 heteroatoms. The third-order valence-electron chi connectivity index (χ3n) is 2.95. The van der Waals surface area contributed by atoms with Crippen LogP contribution >= 0.6 is 0 Å². The maximum absolute atomic E-state index is 11.9. The maximum atomic E-state index is 11.9. The molecule has 17 heavy (non-hydrogen) atoms. The Morgan fingerprint density at radius 1 is 1.29 bits per heavy atom. The van der Waals surface area contributed by atoms with E-state index in [0.717, 1.165) is 22.3 Å². The Balaban J connectivity index is 2.75. The van der Waals surface area contributed by atoms with Crippen LogP contribution in [0.1, 0.15) is 25.1 Å². The van der Waals surface area contributed by atoms with Crippen molar-refractivity contribution < 1.29 is 0 Å². The van der Waals surface area contributed by atoms with Gasteiger partial charge in [0.1, 0.15) is 5.65 Å². The number of rotatable bonds is 2. The molecule has 2 aromatic rings. The number of pyridine rings is 2. The van der Waals surface area contributed by atoms with Crippen molar-refractivity contribution in [3.05, 3.63) is 39.8 Å². The Morgan fingerprint density at radius 2 is 2.00 bits per heavy atom. The maximum Gasteiger partial charge on any atom is 0.252 e. The standard InChI is InChI=1S/C14H18N2O/c1-9(2)8-16-13(17)6-5-12-7-10(3)11(4)15-14(12)16/h5-7,9H,8H2,1-4H3. The fraction of sp³-hybridized carbons (Fsp3) is 0.429. The van der Waals surface area contributed by atoms with Gasteiger partial charge in [-0.1, -0.05) is 13.8 Å². The summed E-state index contributed by atoms with van der Waals surface area (Å²) >= 11 is 0. The van der Waals surface area contributed by atoms with Crippen molar-refractivity contribution in [2.24, 2.45) is 5.92 Å². The van der Waals surface area contributed by atoms with Crippen LogP contribution in [0.15, 0.2) is 23.0 Å². The summed E-state index contributed by atoms with van der Waals surface area (Å²) in [5.74, 6) is 0.432. The molecule has 0 bridgehead atoms. The Morgan fingerprint density at radius 3 is 2.65 bits per heavy atom. The summed E-state index contributed by atoms with van der Waals surface area (Å²) in [4.78, 5) is 16.4. The van der Waals surface area contributed by atoms with Crippen LogP contribution in [-0.4, -0.2) is 9.55 Å². The van der Waals surface area contributed by atoms with Crippen molar-refractivity contribution in [1.29, 1.82) is 0 Å². The molecule has 90 valence electrons. The van der Waals surface area contributed by atoms with Crippen molar-refractivity contribution in [2.75, 3.05) is 0 Å². The van der Waals surface area contributed by atoms with Gasteiger partial charge < -0.3 is 0 Å². The minimum absolute atomic E-state index is 0.0296. The van der Waals surface area contributed by atoms with E-state index in [0.29, 0.717) is 12.5 Å². The molecule has 0 radical (unpaired) electrons. The molecule has 2 aromatic heterocycles. The van der Waals surface area contributed by atoms with Gasteiger partial charge in [0.15, 0.2) is 0 Å². The van der Waals surface area contributed by atoms with Gasteiger partial charge in [0.2, 0.25) is 0 Å². The third-order valence-corrected chi connectivity index (χ3v) is 2.95. The fourth-order valence-electron chi connectivity index (χ4n) is 1.95. The predicted octanol–water partition coefficient (Wildman–Crippen LogP) is 2.67. The van der Waals surface area contributed by atoms with E-state index in [1.807, 2.05) is 19.9 Å². The molecule has 0 fully saturated rings. The zero-order chi connectivity index (χ0) is 12.6. The average Bonchev–Trinajstić information content (AvgIpc) is 2.25. The topological polar surface area (TPSA) is 34.9 Å². The molecule has 0 aliphatic heterocycles. The molecular formula is C14H18N2O. The highest BCUT2D eigenvalue weighted by Crippen LogP contribution is 2.15. The highest BCUT2D eigenvalue weighted by Gasteiger charge is 2.07. The van der Waals surface area contributed by atoms with E-state index in [2.05, 4.69) is 24.9 Å². The molecule has 0 aromatic carbocycles. The molecule has 2 heterocycles. The Labute approximate surface area is 101 Å². The highest BCUT2D eigenvalue weighted by molar-refractivity contribution is 5.76.